The van der Waals surface area contributed by atoms with Gasteiger partial charge in [-0.15, -0.1) is 0 Å². The standard InChI is InChI=1S/C14H22BrNO/c1-4-14(5-2,10-16)9-11-6-7-13(17-3)12(15)8-11/h6-8H,4-5,9-10,16H2,1-3H3. The Balaban J connectivity index is 2.90. The minimum atomic E-state index is 0.230. The van der Waals surface area contributed by atoms with E-state index in [4.69, 9.17) is 10.5 Å². The second-order valence-corrected chi connectivity index (χ2v) is 5.41. The lowest BCUT2D eigenvalue weighted by molar-refractivity contribution is 0.271. The molecule has 0 aliphatic carbocycles. The molecule has 0 heterocycles. The van der Waals surface area contributed by atoms with Crippen molar-refractivity contribution in [1.29, 1.82) is 0 Å². The molecule has 0 bridgehead atoms. The van der Waals surface area contributed by atoms with Gasteiger partial charge in [-0.1, -0.05) is 19.9 Å². The molecule has 1 aromatic rings. The van der Waals surface area contributed by atoms with Gasteiger partial charge in [0.05, 0.1) is 11.6 Å². The number of rotatable bonds is 6. The lowest BCUT2D eigenvalue weighted by Crippen LogP contribution is -2.31. The van der Waals surface area contributed by atoms with Crippen LogP contribution in [0.15, 0.2) is 22.7 Å². The van der Waals surface area contributed by atoms with Crippen LogP contribution in [0.25, 0.3) is 0 Å². The van der Waals surface area contributed by atoms with Gasteiger partial charge in [-0.3, -0.25) is 0 Å². The number of halogens is 1. The number of ether oxygens (including phenoxy) is 1. The van der Waals surface area contributed by atoms with Gasteiger partial charge >= 0.3 is 0 Å². The highest BCUT2D eigenvalue weighted by molar-refractivity contribution is 9.10. The minimum absolute atomic E-state index is 0.230. The normalized spacial score (nSPS) is 11.6. The summed E-state index contributed by atoms with van der Waals surface area (Å²) >= 11 is 3.52. The molecule has 0 spiro atoms. The fourth-order valence-electron chi connectivity index (χ4n) is 2.11. The van der Waals surface area contributed by atoms with Gasteiger partial charge in [0.1, 0.15) is 5.75 Å². The minimum Gasteiger partial charge on any atom is -0.496 e. The molecule has 0 aliphatic heterocycles. The van der Waals surface area contributed by atoms with Gasteiger partial charge in [-0.25, -0.2) is 0 Å². The van der Waals surface area contributed by atoms with Crippen molar-refractivity contribution < 1.29 is 4.74 Å². The van der Waals surface area contributed by atoms with Gasteiger partial charge in [-0.05, 0) is 64.8 Å². The Hall–Kier alpha value is -0.540. The average Bonchev–Trinajstić information content (AvgIpc) is 2.36. The van der Waals surface area contributed by atoms with Gasteiger partial charge in [0.25, 0.3) is 0 Å². The highest BCUT2D eigenvalue weighted by Gasteiger charge is 2.24. The Bertz CT molecular complexity index is 353. The summed E-state index contributed by atoms with van der Waals surface area (Å²) in [6, 6.07) is 6.26. The number of benzene rings is 1. The zero-order valence-corrected chi connectivity index (χ0v) is 12.5. The molecule has 2 N–H and O–H groups in total. The van der Waals surface area contributed by atoms with E-state index in [0.29, 0.717) is 0 Å². The molecule has 0 amide bonds. The summed E-state index contributed by atoms with van der Waals surface area (Å²) in [7, 11) is 1.68. The summed E-state index contributed by atoms with van der Waals surface area (Å²) in [5, 5.41) is 0. The molecule has 0 aromatic heterocycles. The van der Waals surface area contributed by atoms with Crippen LogP contribution in [0.3, 0.4) is 0 Å². The quantitative estimate of drug-likeness (QED) is 0.868. The van der Waals surface area contributed by atoms with Crippen LogP contribution in [0.1, 0.15) is 32.3 Å². The van der Waals surface area contributed by atoms with Crippen LogP contribution in [0.2, 0.25) is 0 Å². The number of hydrogen-bond donors (Lipinski definition) is 1. The summed E-state index contributed by atoms with van der Waals surface area (Å²) < 4.78 is 6.25. The van der Waals surface area contributed by atoms with E-state index < -0.39 is 0 Å². The van der Waals surface area contributed by atoms with Crippen molar-refractivity contribution in [1.82, 2.24) is 0 Å². The van der Waals surface area contributed by atoms with Crippen molar-refractivity contribution in [3.05, 3.63) is 28.2 Å². The summed E-state index contributed by atoms with van der Waals surface area (Å²) in [6.45, 7) is 5.17. The van der Waals surface area contributed by atoms with Gasteiger partial charge in [-0.2, -0.15) is 0 Å². The topological polar surface area (TPSA) is 35.2 Å². The second kappa shape index (κ2) is 6.41. The molecule has 0 saturated heterocycles. The van der Waals surface area contributed by atoms with E-state index in [1.165, 1.54) is 5.56 Å². The third kappa shape index (κ3) is 3.46. The molecule has 0 atom stereocenters. The van der Waals surface area contributed by atoms with Crippen LogP contribution in [0.5, 0.6) is 5.75 Å². The van der Waals surface area contributed by atoms with Crippen molar-refractivity contribution in [2.24, 2.45) is 11.1 Å². The van der Waals surface area contributed by atoms with E-state index >= 15 is 0 Å². The van der Waals surface area contributed by atoms with Crippen molar-refractivity contribution in [3.8, 4) is 5.75 Å². The fraction of sp³-hybridized carbons (Fsp3) is 0.571. The van der Waals surface area contributed by atoms with E-state index in [0.717, 1.165) is 36.0 Å². The zero-order valence-electron chi connectivity index (χ0n) is 10.9. The van der Waals surface area contributed by atoms with Crippen LogP contribution in [-0.2, 0) is 6.42 Å². The van der Waals surface area contributed by atoms with E-state index in [2.05, 4.69) is 41.9 Å². The van der Waals surface area contributed by atoms with E-state index in [-0.39, 0.29) is 5.41 Å². The predicted molar refractivity (Wildman–Crippen MR) is 76.5 cm³/mol. The lowest BCUT2D eigenvalue weighted by atomic mass is 9.77. The smallest absolute Gasteiger partial charge is 0.133 e. The molecule has 1 aromatic carbocycles. The van der Waals surface area contributed by atoms with Gasteiger partial charge in [0.15, 0.2) is 0 Å². The lowest BCUT2D eigenvalue weighted by Gasteiger charge is -2.30. The number of hydrogen-bond acceptors (Lipinski definition) is 2. The van der Waals surface area contributed by atoms with Crippen molar-refractivity contribution in [2.45, 2.75) is 33.1 Å². The molecule has 0 fully saturated rings. The Kier molecular flexibility index (Phi) is 5.47. The molecule has 2 nitrogen and oxygen atoms in total. The molecule has 17 heavy (non-hydrogen) atoms. The molecule has 0 saturated carbocycles. The zero-order chi connectivity index (χ0) is 12.9. The SMILES string of the molecule is CCC(CC)(CN)Cc1ccc(OC)c(Br)c1. The first-order valence-electron chi connectivity index (χ1n) is 6.13. The maximum Gasteiger partial charge on any atom is 0.133 e. The summed E-state index contributed by atoms with van der Waals surface area (Å²) in [5.41, 5.74) is 7.48. The third-order valence-corrected chi connectivity index (χ3v) is 4.35. The van der Waals surface area contributed by atoms with E-state index in [1.807, 2.05) is 6.07 Å². The van der Waals surface area contributed by atoms with Crippen LogP contribution < -0.4 is 10.5 Å². The Morgan fingerprint density at radius 1 is 1.29 bits per heavy atom. The average molecular weight is 300 g/mol. The number of nitrogens with two attached hydrogens (primary N) is 1. The Morgan fingerprint density at radius 2 is 1.94 bits per heavy atom. The van der Waals surface area contributed by atoms with E-state index in [9.17, 15) is 0 Å². The highest BCUT2D eigenvalue weighted by atomic mass is 79.9. The van der Waals surface area contributed by atoms with E-state index in [1.54, 1.807) is 7.11 Å². The molecule has 96 valence electrons. The molecular formula is C14H22BrNO. The van der Waals surface area contributed by atoms with Crippen LogP contribution in [0, 0.1) is 5.41 Å². The second-order valence-electron chi connectivity index (χ2n) is 4.56. The Morgan fingerprint density at radius 3 is 2.35 bits per heavy atom. The molecule has 0 radical (unpaired) electrons. The summed E-state index contributed by atoms with van der Waals surface area (Å²) in [6.07, 6.45) is 3.26. The van der Waals surface area contributed by atoms with Crippen LogP contribution in [0.4, 0.5) is 0 Å². The molecular weight excluding hydrogens is 278 g/mol. The van der Waals surface area contributed by atoms with Crippen LogP contribution >= 0.6 is 15.9 Å². The third-order valence-electron chi connectivity index (χ3n) is 3.73. The number of methoxy groups -OCH3 is 1. The molecule has 0 aliphatic rings. The molecule has 0 unspecified atom stereocenters. The highest BCUT2D eigenvalue weighted by Crippen LogP contribution is 2.32. The summed E-state index contributed by atoms with van der Waals surface area (Å²) in [4.78, 5) is 0. The largest absolute Gasteiger partial charge is 0.496 e. The Labute approximate surface area is 113 Å². The van der Waals surface area contributed by atoms with Crippen molar-refractivity contribution >= 4 is 15.9 Å². The first-order valence-corrected chi connectivity index (χ1v) is 6.92. The first kappa shape index (κ1) is 14.5. The van der Waals surface area contributed by atoms with Crippen molar-refractivity contribution in [3.63, 3.8) is 0 Å². The molecule has 1 rings (SSSR count). The predicted octanol–water partition coefficient (Wildman–Crippen LogP) is 3.77. The van der Waals surface area contributed by atoms with Crippen LogP contribution in [-0.4, -0.2) is 13.7 Å². The van der Waals surface area contributed by atoms with Gasteiger partial charge in [0.2, 0.25) is 0 Å². The summed E-state index contributed by atoms with van der Waals surface area (Å²) in [5.74, 6) is 0.875. The molecule has 3 heteroatoms. The maximum atomic E-state index is 5.93. The monoisotopic (exact) mass is 299 g/mol. The van der Waals surface area contributed by atoms with Gasteiger partial charge in [0, 0.05) is 0 Å². The first-order chi connectivity index (χ1) is 8.10. The maximum absolute atomic E-state index is 5.93. The van der Waals surface area contributed by atoms with Crippen molar-refractivity contribution in [2.75, 3.05) is 13.7 Å². The van der Waals surface area contributed by atoms with Gasteiger partial charge < -0.3 is 10.5 Å². The fourth-order valence-corrected chi connectivity index (χ4v) is 2.70.